The van der Waals surface area contributed by atoms with Gasteiger partial charge in [-0.3, -0.25) is 0 Å². The van der Waals surface area contributed by atoms with E-state index in [1.165, 1.54) is 0 Å². The van der Waals surface area contributed by atoms with Gasteiger partial charge in [-0.05, 0) is 117 Å². The fourth-order valence-electron chi connectivity index (χ4n) is 14.8. The summed E-state index contributed by atoms with van der Waals surface area (Å²) in [4.78, 5) is 0. The molecule has 0 unspecified atom stereocenters. The molecule has 19 heteroatoms. The first-order valence-corrected chi connectivity index (χ1v) is 24.5. The Bertz CT molecular complexity index is 1710. The minimum Gasteiger partial charge on any atom is -0.394 e. The van der Waals surface area contributed by atoms with Gasteiger partial charge >= 0.3 is 0 Å². The SMILES string of the molecule is CC(C)=CCC[C@](C)(O[C@@H]1O[C@H](CO[C@@H]2O[C@H](CO)[C@@H](O)[C@H](O)[C@H]2O)[C@@H](O)[C@H](O)[C@H]1O)[C@@H]1CC[C@]2(C)[C@H]1[C@H](O)C[C@H]1[C@@]3(C)CC[C@H](O)C(C)(C)[C@H]3[C@@H](O[C@@H]3O[C@H](CO)[C@@H](O)[C@H](O)[C@H]3O)C[C@@]12C. The Labute approximate surface area is 393 Å². The van der Waals surface area contributed by atoms with E-state index in [4.69, 9.17) is 28.4 Å². The van der Waals surface area contributed by atoms with Crippen molar-refractivity contribution in [3.05, 3.63) is 11.6 Å². The molecule has 0 radical (unpaired) electrons. The Morgan fingerprint density at radius 1 is 0.657 bits per heavy atom. The molecule has 7 aliphatic rings. The molecular weight excluding hydrogens is 881 g/mol. The monoisotopic (exact) mass is 963 g/mol. The van der Waals surface area contributed by atoms with Crippen LogP contribution in [0, 0.1) is 45.3 Å². The van der Waals surface area contributed by atoms with Crippen LogP contribution in [-0.4, -0.2) is 202 Å². The Morgan fingerprint density at radius 3 is 1.78 bits per heavy atom. The molecule has 67 heavy (non-hydrogen) atoms. The zero-order valence-corrected chi connectivity index (χ0v) is 40.3. The summed E-state index contributed by atoms with van der Waals surface area (Å²) in [7, 11) is 0. The number of fused-ring (bicyclic) bond motifs is 5. The number of rotatable bonds is 13. The average molecular weight is 963 g/mol. The Kier molecular flexibility index (Phi) is 15.9. The summed E-state index contributed by atoms with van der Waals surface area (Å²) in [5.41, 5.74) is -2.39. The van der Waals surface area contributed by atoms with E-state index in [9.17, 15) is 66.4 Å². The number of allylic oxidation sites excluding steroid dienone is 2. The maximum Gasteiger partial charge on any atom is 0.187 e. The maximum absolute atomic E-state index is 12.7. The van der Waals surface area contributed by atoms with Crippen molar-refractivity contribution in [3.8, 4) is 0 Å². The van der Waals surface area contributed by atoms with Crippen molar-refractivity contribution < 1.29 is 94.8 Å². The van der Waals surface area contributed by atoms with Crippen LogP contribution in [0.25, 0.3) is 0 Å². The van der Waals surface area contributed by atoms with Crippen LogP contribution in [0.4, 0.5) is 0 Å². The van der Waals surface area contributed by atoms with Crippen LogP contribution in [-0.2, 0) is 28.4 Å². The van der Waals surface area contributed by atoms with Crippen LogP contribution in [0.1, 0.15) is 107 Å². The van der Waals surface area contributed by atoms with Gasteiger partial charge in [0, 0.05) is 0 Å². The molecule has 0 bridgehead atoms. The summed E-state index contributed by atoms with van der Waals surface area (Å²) < 4.78 is 37.1. The first kappa shape index (κ1) is 53.8. The van der Waals surface area contributed by atoms with E-state index in [2.05, 4.69) is 26.8 Å². The predicted molar refractivity (Wildman–Crippen MR) is 235 cm³/mol. The first-order valence-electron chi connectivity index (χ1n) is 24.5. The zero-order chi connectivity index (χ0) is 49.5. The number of ether oxygens (including phenoxy) is 6. The Hall–Kier alpha value is -1.02. The van der Waals surface area contributed by atoms with Crippen LogP contribution in [0.15, 0.2) is 11.6 Å². The molecule has 4 saturated carbocycles. The van der Waals surface area contributed by atoms with Crippen LogP contribution in [0.3, 0.4) is 0 Å². The average Bonchev–Trinajstić information content (AvgIpc) is 3.66. The highest BCUT2D eigenvalue weighted by Gasteiger charge is 2.74. The van der Waals surface area contributed by atoms with Gasteiger partial charge in [-0.25, -0.2) is 0 Å². The van der Waals surface area contributed by atoms with E-state index in [1.807, 2.05) is 34.6 Å². The van der Waals surface area contributed by atoms with E-state index < -0.39 is 158 Å². The molecule has 3 heterocycles. The van der Waals surface area contributed by atoms with Crippen molar-refractivity contribution in [1.82, 2.24) is 0 Å². The molecule has 7 fully saturated rings. The molecule has 13 N–H and O–H groups in total. The normalized spacial score (nSPS) is 52.9. The summed E-state index contributed by atoms with van der Waals surface area (Å²) >= 11 is 0. The lowest BCUT2D eigenvalue weighted by Crippen LogP contribution is -2.71. The fraction of sp³-hybridized carbons (Fsp3) is 0.958. The molecule has 19 nitrogen and oxygen atoms in total. The highest BCUT2D eigenvalue weighted by Crippen LogP contribution is 2.76. The molecule has 388 valence electrons. The third kappa shape index (κ3) is 9.13. The third-order valence-corrected chi connectivity index (χ3v) is 18.7. The highest BCUT2D eigenvalue weighted by atomic mass is 16.7. The van der Waals surface area contributed by atoms with Crippen LogP contribution in [0.2, 0.25) is 0 Å². The van der Waals surface area contributed by atoms with Gasteiger partial charge in [0.2, 0.25) is 0 Å². The number of hydrogen-bond donors (Lipinski definition) is 13. The molecule has 26 atom stereocenters. The zero-order valence-electron chi connectivity index (χ0n) is 40.3. The van der Waals surface area contributed by atoms with E-state index in [-0.39, 0.29) is 23.7 Å². The summed E-state index contributed by atoms with van der Waals surface area (Å²) in [6.45, 7) is 14.7. The van der Waals surface area contributed by atoms with Crippen molar-refractivity contribution in [3.63, 3.8) is 0 Å². The van der Waals surface area contributed by atoms with Gasteiger partial charge in [0.25, 0.3) is 0 Å². The predicted octanol–water partition coefficient (Wildman–Crippen LogP) is -1.06. The second kappa shape index (κ2) is 19.8. The lowest BCUT2D eigenvalue weighted by molar-refractivity contribution is -0.353. The van der Waals surface area contributed by atoms with E-state index in [1.54, 1.807) is 0 Å². The van der Waals surface area contributed by atoms with Crippen molar-refractivity contribution in [1.29, 1.82) is 0 Å². The summed E-state index contributed by atoms with van der Waals surface area (Å²) in [5.74, 6) is -1.11. The van der Waals surface area contributed by atoms with Crippen LogP contribution < -0.4 is 0 Å². The smallest absolute Gasteiger partial charge is 0.187 e. The minimum atomic E-state index is -1.77. The highest BCUT2D eigenvalue weighted by molar-refractivity contribution is 5.22. The van der Waals surface area contributed by atoms with Gasteiger partial charge in [-0.15, -0.1) is 0 Å². The molecule has 0 aromatic heterocycles. The lowest BCUT2D eigenvalue weighted by Gasteiger charge is -2.72. The molecule has 3 saturated heterocycles. The van der Waals surface area contributed by atoms with E-state index in [0.29, 0.717) is 51.4 Å². The third-order valence-electron chi connectivity index (χ3n) is 18.7. The van der Waals surface area contributed by atoms with Crippen molar-refractivity contribution in [2.24, 2.45) is 45.3 Å². The standard InChI is InChI=1S/C48H82O19/c1-21(2)10-9-13-48(8,67-43-39(61)36(58)33(55)27(66-43)20-62-41-37(59)34(56)31(53)25(18-49)64-41)22-11-15-46(6)30(22)23(51)16-28-45(5)14-12-29(52)44(3,4)40(45)24(17-47(28,46)7)63-42-38(60)35(57)32(54)26(19-50)65-42/h10,22-43,49-61H,9,11-20H2,1-8H3/t22-,23-,24+,25-,26-,27-,28+,29+,30-,31-,32-,33-,34+,35+,36+,37-,38-,39-,40-,41-,42-,43+,45-,46-,47+,48+/m1/s1. The van der Waals surface area contributed by atoms with Crippen molar-refractivity contribution in [2.45, 2.75) is 223 Å². The van der Waals surface area contributed by atoms with Gasteiger partial charge in [0.15, 0.2) is 18.9 Å². The Balaban J connectivity index is 1.20. The Morgan fingerprint density at radius 2 is 1.19 bits per heavy atom. The minimum absolute atomic E-state index is 0.0659. The molecule has 0 spiro atoms. The maximum atomic E-state index is 12.7. The van der Waals surface area contributed by atoms with Crippen LogP contribution >= 0.6 is 0 Å². The van der Waals surface area contributed by atoms with Gasteiger partial charge in [0.05, 0.1) is 43.7 Å². The van der Waals surface area contributed by atoms with Gasteiger partial charge < -0.3 is 94.8 Å². The number of aliphatic hydroxyl groups excluding tert-OH is 13. The number of hydrogen-bond acceptors (Lipinski definition) is 19. The van der Waals surface area contributed by atoms with Gasteiger partial charge in [-0.2, -0.15) is 0 Å². The van der Waals surface area contributed by atoms with Crippen molar-refractivity contribution in [2.75, 3.05) is 19.8 Å². The molecule has 4 aliphatic carbocycles. The van der Waals surface area contributed by atoms with E-state index in [0.717, 1.165) is 5.57 Å². The molecular formula is C48H82O19. The summed E-state index contributed by atoms with van der Waals surface area (Å²) in [6, 6.07) is 0. The second-order valence-corrected chi connectivity index (χ2v) is 23.1. The van der Waals surface area contributed by atoms with Crippen molar-refractivity contribution >= 4 is 0 Å². The van der Waals surface area contributed by atoms with Gasteiger partial charge in [-0.1, -0.05) is 46.3 Å². The molecule has 0 aromatic rings. The molecule has 7 rings (SSSR count). The molecule has 3 aliphatic heterocycles. The first-order chi connectivity index (χ1) is 31.2. The topological polar surface area (TPSA) is 318 Å². The van der Waals surface area contributed by atoms with Gasteiger partial charge in [0.1, 0.15) is 73.2 Å². The summed E-state index contributed by atoms with van der Waals surface area (Å²) in [6.07, 6.45) is -19.2. The molecule has 0 aromatic carbocycles. The summed E-state index contributed by atoms with van der Waals surface area (Å²) in [5, 5.41) is 142. The van der Waals surface area contributed by atoms with Crippen LogP contribution in [0.5, 0.6) is 0 Å². The van der Waals surface area contributed by atoms with E-state index >= 15 is 0 Å². The molecule has 0 amide bonds. The number of aliphatic hydroxyl groups is 13. The second-order valence-electron chi connectivity index (χ2n) is 23.1. The fourth-order valence-corrected chi connectivity index (χ4v) is 14.8. The quantitative estimate of drug-likeness (QED) is 0.0773. The largest absolute Gasteiger partial charge is 0.394 e. The lowest BCUT2D eigenvalue weighted by atomic mass is 9.34.